The fourth-order valence-electron chi connectivity index (χ4n) is 1.70. The highest BCUT2D eigenvalue weighted by Gasteiger charge is 2.48. The molecule has 1 aliphatic rings. The van der Waals surface area contributed by atoms with Gasteiger partial charge in [0.2, 0.25) is 6.43 Å². The van der Waals surface area contributed by atoms with Crippen molar-refractivity contribution in [1.82, 2.24) is 0 Å². The normalized spacial score (nSPS) is 39.9. The van der Waals surface area contributed by atoms with Gasteiger partial charge in [-0.2, -0.15) is 0 Å². The van der Waals surface area contributed by atoms with Crippen LogP contribution in [0.15, 0.2) is 0 Å². The fourth-order valence-corrected chi connectivity index (χ4v) is 1.70. The van der Waals surface area contributed by atoms with Gasteiger partial charge in [-0.1, -0.05) is 6.92 Å². The van der Waals surface area contributed by atoms with Crippen molar-refractivity contribution in [2.24, 2.45) is 11.3 Å². The lowest BCUT2D eigenvalue weighted by molar-refractivity contribution is -0.117. The molecule has 0 radical (unpaired) electrons. The molecular formula is C7H12F2O. The van der Waals surface area contributed by atoms with Gasteiger partial charge in [0.15, 0.2) is 0 Å². The average Bonchev–Trinajstić information content (AvgIpc) is 1.79. The average molecular weight is 150 g/mol. The standard InChI is InChI=1S/C7H12F2O/c1-5-2-7(3-5,4-10)6(8)9/h5-6,10H,2-4H2,1H3. The lowest BCUT2D eigenvalue weighted by Gasteiger charge is -2.44. The topological polar surface area (TPSA) is 20.2 Å². The zero-order chi connectivity index (χ0) is 7.78. The Hall–Kier alpha value is -0.180. The van der Waals surface area contributed by atoms with E-state index in [0.29, 0.717) is 18.8 Å². The minimum Gasteiger partial charge on any atom is -0.396 e. The number of alkyl halides is 2. The molecule has 0 saturated heterocycles. The highest BCUT2D eigenvalue weighted by molar-refractivity contribution is 4.93. The Morgan fingerprint density at radius 1 is 1.60 bits per heavy atom. The third-order valence-electron chi connectivity index (χ3n) is 2.29. The molecule has 0 aliphatic heterocycles. The lowest BCUT2D eigenvalue weighted by atomic mass is 9.63. The van der Waals surface area contributed by atoms with E-state index in [1.54, 1.807) is 0 Å². The molecule has 1 rings (SSSR count). The summed E-state index contributed by atoms with van der Waals surface area (Å²) >= 11 is 0. The van der Waals surface area contributed by atoms with Gasteiger partial charge in [0.05, 0.1) is 12.0 Å². The highest BCUT2D eigenvalue weighted by Crippen LogP contribution is 2.49. The van der Waals surface area contributed by atoms with Gasteiger partial charge in [-0.3, -0.25) is 0 Å². The van der Waals surface area contributed by atoms with Crippen LogP contribution in [-0.4, -0.2) is 18.1 Å². The molecule has 1 aliphatic carbocycles. The maximum atomic E-state index is 12.1. The van der Waals surface area contributed by atoms with Gasteiger partial charge in [0.1, 0.15) is 0 Å². The minimum absolute atomic E-state index is 0.362. The van der Waals surface area contributed by atoms with Crippen molar-refractivity contribution in [3.05, 3.63) is 0 Å². The maximum absolute atomic E-state index is 12.1. The molecule has 0 spiro atoms. The minimum atomic E-state index is -2.35. The zero-order valence-electron chi connectivity index (χ0n) is 5.98. The van der Waals surface area contributed by atoms with E-state index in [-0.39, 0.29) is 6.61 Å². The Morgan fingerprint density at radius 2 is 2.10 bits per heavy atom. The third-order valence-corrected chi connectivity index (χ3v) is 2.29. The molecule has 1 nitrogen and oxygen atoms in total. The second-order valence-electron chi connectivity index (χ2n) is 3.33. The summed E-state index contributed by atoms with van der Waals surface area (Å²) in [6.45, 7) is 1.56. The van der Waals surface area contributed by atoms with Crippen LogP contribution in [0.4, 0.5) is 8.78 Å². The molecule has 0 bridgehead atoms. The Bertz CT molecular complexity index is 119. The van der Waals surface area contributed by atoms with Gasteiger partial charge in [-0.25, -0.2) is 8.78 Å². The van der Waals surface area contributed by atoms with Crippen LogP contribution in [0, 0.1) is 11.3 Å². The molecule has 0 heterocycles. The molecule has 0 aromatic rings. The highest BCUT2D eigenvalue weighted by atomic mass is 19.3. The van der Waals surface area contributed by atoms with Crippen LogP contribution >= 0.6 is 0 Å². The number of aliphatic hydroxyl groups is 1. The van der Waals surface area contributed by atoms with Crippen molar-refractivity contribution >= 4 is 0 Å². The van der Waals surface area contributed by atoms with Crippen molar-refractivity contribution in [3.8, 4) is 0 Å². The number of hydrogen-bond donors (Lipinski definition) is 1. The molecule has 0 unspecified atom stereocenters. The van der Waals surface area contributed by atoms with Crippen molar-refractivity contribution in [2.75, 3.05) is 6.61 Å². The second kappa shape index (κ2) is 2.46. The molecule has 0 atom stereocenters. The summed E-state index contributed by atoms with van der Waals surface area (Å²) in [6.07, 6.45) is -1.41. The van der Waals surface area contributed by atoms with E-state index in [2.05, 4.69) is 0 Å². The maximum Gasteiger partial charge on any atom is 0.246 e. The van der Waals surface area contributed by atoms with E-state index in [1.807, 2.05) is 6.92 Å². The van der Waals surface area contributed by atoms with Gasteiger partial charge in [-0.15, -0.1) is 0 Å². The summed E-state index contributed by atoms with van der Waals surface area (Å²) in [5.74, 6) is 0.362. The van der Waals surface area contributed by atoms with Crippen LogP contribution < -0.4 is 0 Å². The summed E-state index contributed by atoms with van der Waals surface area (Å²) in [7, 11) is 0. The van der Waals surface area contributed by atoms with Crippen LogP contribution in [0.2, 0.25) is 0 Å². The smallest absolute Gasteiger partial charge is 0.246 e. The second-order valence-corrected chi connectivity index (χ2v) is 3.33. The van der Waals surface area contributed by atoms with Crippen LogP contribution in [0.25, 0.3) is 0 Å². The van der Waals surface area contributed by atoms with Crippen LogP contribution in [0.1, 0.15) is 19.8 Å². The largest absolute Gasteiger partial charge is 0.396 e. The van der Waals surface area contributed by atoms with Gasteiger partial charge in [0, 0.05) is 0 Å². The summed E-state index contributed by atoms with van der Waals surface area (Å²) < 4.78 is 24.3. The van der Waals surface area contributed by atoms with Crippen molar-refractivity contribution in [3.63, 3.8) is 0 Å². The summed E-state index contributed by atoms with van der Waals surface area (Å²) in [4.78, 5) is 0. The van der Waals surface area contributed by atoms with Crippen LogP contribution in [0.3, 0.4) is 0 Å². The molecule has 0 amide bonds. The number of aliphatic hydroxyl groups excluding tert-OH is 1. The number of rotatable bonds is 2. The quantitative estimate of drug-likeness (QED) is 0.634. The van der Waals surface area contributed by atoms with E-state index in [9.17, 15) is 8.78 Å². The van der Waals surface area contributed by atoms with E-state index in [4.69, 9.17) is 5.11 Å². The molecule has 1 fully saturated rings. The molecule has 1 saturated carbocycles. The predicted octanol–water partition coefficient (Wildman–Crippen LogP) is 1.66. The predicted molar refractivity (Wildman–Crippen MR) is 33.9 cm³/mol. The SMILES string of the molecule is CC1CC(CO)(C(F)F)C1. The van der Waals surface area contributed by atoms with Gasteiger partial charge >= 0.3 is 0 Å². The zero-order valence-corrected chi connectivity index (χ0v) is 5.98. The molecular weight excluding hydrogens is 138 g/mol. The van der Waals surface area contributed by atoms with E-state index >= 15 is 0 Å². The van der Waals surface area contributed by atoms with Crippen molar-refractivity contribution in [2.45, 2.75) is 26.2 Å². The van der Waals surface area contributed by atoms with Crippen LogP contribution in [0.5, 0.6) is 0 Å². The molecule has 0 aromatic heterocycles. The molecule has 0 aromatic carbocycles. The van der Waals surface area contributed by atoms with Crippen molar-refractivity contribution < 1.29 is 13.9 Å². The Kier molecular flexibility index (Phi) is 1.95. The monoisotopic (exact) mass is 150 g/mol. The van der Waals surface area contributed by atoms with Gasteiger partial charge in [0.25, 0.3) is 0 Å². The summed E-state index contributed by atoms with van der Waals surface area (Å²) in [6, 6.07) is 0. The van der Waals surface area contributed by atoms with E-state index < -0.39 is 11.8 Å². The number of hydrogen-bond acceptors (Lipinski definition) is 1. The fraction of sp³-hybridized carbons (Fsp3) is 1.00. The Morgan fingerprint density at radius 3 is 2.20 bits per heavy atom. The number of halogens is 2. The lowest BCUT2D eigenvalue weighted by Crippen LogP contribution is -2.44. The van der Waals surface area contributed by atoms with Crippen LogP contribution in [-0.2, 0) is 0 Å². The summed E-state index contributed by atoms with van der Waals surface area (Å²) in [5, 5.41) is 8.64. The first-order valence-corrected chi connectivity index (χ1v) is 3.50. The Balaban J connectivity index is 2.48. The third kappa shape index (κ3) is 1.03. The van der Waals surface area contributed by atoms with Gasteiger partial charge in [-0.05, 0) is 18.8 Å². The first-order chi connectivity index (χ1) is 4.60. The van der Waals surface area contributed by atoms with E-state index in [0.717, 1.165) is 0 Å². The first kappa shape index (κ1) is 7.92. The molecule has 3 heteroatoms. The summed E-state index contributed by atoms with van der Waals surface area (Å²) in [5.41, 5.74) is -1.04. The molecule has 60 valence electrons. The first-order valence-electron chi connectivity index (χ1n) is 3.50. The van der Waals surface area contributed by atoms with Crippen molar-refractivity contribution in [1.29, 1.82) is 0 Å². The van der Waals surface area contributed by atoms with E-state index in [1.165, 1.54) is 0 Å². The molecule has 1 N–H and O–H groups in total. The Labute approximate surface area is 59.0 Å². The van der Waals surface area contributed by atoms with Gasteiger partial charge < -0.3 is 5.11 Å². The molecule has 10 heavy (non-hydrogen) atoms.